The number of nitrogens with zero attached hydrogens (tertiary/aromatic N) is 2. The van der Waals surface area contributed by atoms with Gasteiger partial charge in [0.15, 0.2) is 0 Å². The molecule has 6 nitrogen and oxygen atoms in total. The molecule has 0 spiro atoms. The first-order chi connectivity index (χ1) is 11.4. The summed E-state index contributed by atoms with van der Waals surface area (Å²) in [5, 5.41) is 3.51. The molecule has 0 bridgehead atoms. The lowest BCUT2D eigenvalue weighted by atomic mass is 10.2. The lowest BCUT2D eigenvalue weighted by Crippen LogP contribution is -2.55. The zero-order valence-electron chi connectivity index (χ0n) is 13.6. The summed E-state index contributed by atoms with van der Waals surface area (Å²) in [6.45, 7) is 3.73. The molecule has 2 aliphatic rings. The van der Waals surface area contributed by atoms with Crippen molar-refractivity contribution in [3.8, 4) is 0 Å². The van der Waals surface area contributed by atoms with Crippen LogP contribution in [0.5, 0.6) is 0 Å². The number of piperazine rings is 1. The first-order valence-electron chi connectivity index (χ1n) is 8.18. The van der Waals surface area contributed by atoms with Crippen molar-refractivity contribution in [1.82, 2.24) is 14.5 Å². The predicted octanol–water partition coefficient (Wildman–Crippen LogP) is 1.31. The van der Waals surface area contributed by atoms with E-state index in [0.29, 0.717) is 37.2 Å². The number of halogens is 1. The van der Waals surface area contributed by atoms with E-state index in [1.54, 1.807) is 12.1 Å². The monoisotopic (exact) mass is 371 g/mol. The van der Waals surface area contributed by atoms with E-state index in [-0.39, 0.29) is 16.8 Å². The van der Waals surface area contributed by atoms with Gasteiger partial charge in [0.25, 0.3) is 0 Å². The minimum atomic E-state index is -3.51. The molecule has 2 fully saturated rings. The summed E-state index contributed by atoms with van der Waals surface area (Å²) < 4.78 is 26.8. The summed E-state index contributed by atoms with van der Waals surface area (Å²) in [6, 6.07) is 6.31. The highest BCUT2D eigenvalue weighted by atomic mass is 35.5. The highest BCUT2D eigenvalue weighted by molar-refractivity contribution is 7.89. The average Bonchev–Trinajstić information content (AvgIpc) is 3.38. The normalized spacial score (nSPS) is 21.4. The van der Waals surface area contributed by atoms with Crippen LogP contribution in [0.25, 0.3) is 0 Å². The van der Waals surface area contributed by atoms with Gasteiger partial charge in [0.2, 0.25) is 15.9 Å². The summed E-state index contributed by atoms with van der Waals surface area (Å²) >= 11 is 5.82. The van der Waals surface area contributed by atoms with Crippen LogP contribution in [0.4, 0.5) is 0 Å². The summed E-state index contributed by atoms with van der Waals surface area (Å²) in [5.41, 5.74) is 0. The van der Waals surface area contributed by atoms with E-state index in [4.69, 9.17) is 11.6 Å². The highest BCUT2D eigenvalue weighted by Gasteiger charge is 2.33. The number of sulfonamides is 1. The minimum absolute atomic E-state index is 0.0338. The second-order valence-electron chi connectivity index (χ2n) is 6.35. The fraction of sp³-hybridized carbons (Fsp3) is 0.562. The Kier molecular flexibility index (Phi) is 5.15. The molecule has 1 aromatic rings. The molecule has 0 aromatic heterocycles. The molecular formula is C16H22ClN3O3S. The third-order valence-electron chi connectivity index (χ3n) is 4.58. The third kappa shape index (κ3) is 3.91. The van der Waals surface area contributed by atoms with E-state index < -0.39 is 10.0 Å². The Morgan fingerprint density at radius 3 is 2.29 bits per heavy atom. The second-order valence-corrected chi connectivity index (χ2v) is 8.73. The van der Waals surface area contributed by atoms with Crippen LogP contribution in [0.3, 0.4) is 0 Å². The van der Waals surface area contributed by atoms with Crippen molar-refractivity contribution < 1.29 is 13.2 Å². The van der Waals surface area contributed by atoms with Gasteiger partial charge in [-0.15, -0.1) is 0 Å². The van der Waals surface area contributed by atoms with Gasteiger partial charge in [-0.25, -0.2) is 8.42 Å². The van der Waals surface area contributed by atoms with Crippen molar-refractivity contribution in [3.63, 3.8) is 0 Å². The molecular weight excluding hydrogens is 350 g/mol. The van der Waals surface area contributed by atoms with Crippen LogP contribution in [0.15, 0.2) is 29.2 Å². The Balaban J connectivity index is 1.59. The van der Waals surface area contributed by atoms with Gasteiger partial charge in [0, 0.05) is 37.2 Å². The van der Waals surface area contributed by atoms with Crippen LogP contribution >= 0.6 is 11.6 Å². The standard InChI is InChI=1S/C16H22ClN3O3S/c1-12(16(21)18-14-4-5-14)19-8-10-20(11-9-19)24(22,23)15-6-2-13(17)3-7-15/h2-3,6-7,12,14H,4-5,8-11H2,1H3,(H,18,21)/t12-/m1/s1. The molecule has 24 heavy (non-hydrogen) atoms. The van der Waals surface area contributed by atoms with E-state index in [0.717, 1.165) is 12.8 Å². The molecule has 1 aliphatic carbocycles. The van der Waals surface area contributed by atoms with Crippen molar-refractivity contribution in [3.05, 3.63) is 29.3 Å². The first kappa shape index (κ1) is 17.7. The minimum Gasteiger partial charge on any atom is -0.352 e. The van der Waals surface area contributed by atoms with E-state index in [2.05, 4.69) is 5.32 Å². The Labute approximate surface area is 147 Å². The molecule has 0 radical (unpaired) electrons. The largest absolute Gasteiger partial charge is 0.352 e. The maximum atomic E-state index is 12.6. The van der Waals surface area contributed by atoms with Gasteiger partial charge in [0.1, 0.15) is 0 Å². The molecule has 8 heteroatoms. The number of hydrogen-bond acceptors (Lipinski definition) is 4. The molecule has 1 saturated carbocycles. The lowest BCUT2D eigenvalue weighted by molar-refractivity contribution is -0.126. The fourth-order valence-electron chi connectivity index (χ4n) is 2.80. The van der Waals surface area contributed by atoms with Crippen molar-refractivity contribution in [1.29, 1.82) is 0 Å². The maximum Gasteiger partial charge on any atom is 0.243 e. The van der Waals surface area contributed by atoms with E-state index in [1.807, 2.05) is 11.8 Å². The maximum absolute atomic E-state index is 12.6. The zero-order chi connectivity index (χ0) is 17.3. The summed E-state index contributed by atoms with van der Waals surface area (Å²) in [4.78, 5) is 14.4. The Bertz CT molecular complexity index is 696. The van der Waals surface area contributed by atoms with Crippen molar-refractivity contribution >= 4 is 27.5 Å². The van der Waals surface area contributed by atoms with Gasteiger partial charge >= 0.3 is 0 Å². The van der Waals surface area contributed by atoms with Gasteiger partial charge in [0.05, 0.1) is 10.9 Å². The Hall–Kier alpha value is -1.15. The Morgan fingerprint density at radius 1 is 1.17 bits per heavy atom. The van der Waals surface area contributed by atoms with Gasteiger partial charge < -0.3 is 5.32 Å². The first-order valence-corrected chi connectivity index (χ1v) is 10.00. The molecule has 132 valence electrons. The van der Waals surface area contributed by atoms with Gasteiger partial charge in [-0.3, -0.25) is 9.69 Å². The number of hydrogen-bond donors (Lipinski definition) is 1. The number of benzene rings is 1. The average molecular weight is 372 g/mol. The molecule has 1 N–H and O–H groups in total. The zero-order valence-corrected chi connectivity index (χ0v) is 15.2. The van der Waals surface area contributed by atoms with Crippen LogP contribution < -0.4 is 5.32 Å². The van der Waals surface area contributed by atoms with Crippen molar-refractivity contribution in [2.75, 3.05) is 26.2 Å². The number of amides is 1. The van der Waals surface area contributed by atoms with E-state index in [1.165, 1.54) is 16.4 Å². The molecule has 1 aromatic carbocycles. The summed E-state index contributed by atoms with van der Waals surface area (Å²) in [6.07, 6.45) is 2.12. The van der Waals surface area contributed by atoms with Crippen molar-refractivity contribution in [2.24, 2.45) is 0 Å². The van der Waals surface area contributed by atoms with Crippen LogP contribution in [0, 0.1) is 0 Å². The van der Waals surface area contributed by atoms with Gasteiger partial charge in [-0.1, -0.05) is 11.6 Å². The number of carbonyl (C=O) groups is 1. The molecule has 1 atom stereocenters. The summed E-state index contributed by atoms with van der Waals surface area (Å²) in [7, 11) is -3.51. The second kappa shape index (κ2) is 7.00. The fourth-order valence-corrected chi connectivity index (χ4v) is 4.35. The van der Waals surface area contributed by atoms with Crippen LogP contribution in [0.2, 0.25) is 5.02 Å². The van der Waals surface area contributed by atoms with Gasteiger partial charge in [-0.05, 0) is 44.0 Å². The Morgan fingerprint density at radius 2 is 1.75 bits per heavy atom. The van der Waals surface area contributed by atoms with Crippen molar-refractivity contribution in [2.45, 2.75) is 36.7 Å². The van der Waals surface area contributed by atoms with E-state index >= 15 is 0 Å². The molecule has 1 aliphatic heterocycles. The molecule has 3 rings (SSSR count). The van der Waals surface area contributed by atoms with E-state index in [9.17, 15) is 13.2 Å². The molecule has 1 saturated heterocycles. The summed E-state index contributed by atoms with van der Waals surface area (Å²) in [5.74, 6) is 0.0338. The molecule has 1 amide bonds. The SMILES string of the molecule is C[C@H](C(=O)NC1CC1)N1CCN(S(=O)(=O)c2ccc(Cl)cc2)CC1. The topological polar surface area (TPSA) is 69.7 Å². The predicted molar refractivity (Wildman–Crippen MR) is 92.4 cm³/mol. The van der Waals surface area contributed by atoms with Crippen LogP contribution in [-0.4, -0.2) is 61.8 Å². The number of rotatable bonds is 5. The quantitative estimate of drug-likeness (QED) is 0.847. The van der Waals surface area contributed by atoms with Gasteiger partial charge in [-0.2, -0.15) is 4.31 Å². The smallest absolute Gasteiger partial charge is 0.243 e. The molecule has 1 heterocycles. The number of carbonyl (C=O) groups excluding carboxylic acids is 1. The molecule has 0 unspecified atom stereocenters. The van der Waals surface area contributed by atoms with Crippen LogP contribution in [0.1, 0.15) is 19.8 Å². The highest BCUT2D eigenvalue weighted by Crippen LogP contribution is 2.21. The van der Waals surface area contributed by atoms with Crippen LogP contribution in [-0.2, 0) is 14.8 Å². The number of nitrogens with one attached hydrogen (secondary N) is 1. The third-order valence-corrected chi connectivity index (χ3v) is 6.74. The lowest BCUT2D eigenvalue weighted by Gasteiger charge is -2.36.